The third-order valence-corrected chi connectivity index (χ3v) is 3.91. The standard InChI is InChI=1S/C19H14FN3O3/c1-12-16(21-17(25-12)13-5-3-2-4-6-13)11-23-19(24)26-18(22-23)14-7-9-15(20)10-8-14/h2-10H,11H2,1H3. The Kier molecular flexibility index (Phi) is 3.96. The molecule has 4 aromatic rings. The topological polar surface area (TPSA) is 74.1 Å². The fraction of sp³-hybridized carbons (Fsp3) is 0.105. The van der Waals surface area contributed by atoms with E-state index in [1.807, 2.05) is 30.3 Å². The van der Waals surface area contributed by atoms with Crippen molar-refractivity contribution in [2.75, 3.05) is 0 Å². The van der Waals surface area contributed by atoms with Crippen LogP contribution >= 0.6 is 0 Å². The summed E-state index contributed by atoms with van der Waals surface area (Å²) in [5.74, 6) is 0.213. The van der Waals surface area contributed by atoms with Crippen LogP contribution in [0.25, 0.3) is 22.9 Å². The lowest BCUT2D eigenvalue weighted by molar-refractivity contribution is 0.490. The quantitative estimate of drug-likeness (QED) is 0.561. The van der Waals surface area contributed by atoms with Crippen LogP contribution in [0.5, 0.6) is 0 Å². The predicted octanol–water partition coefficient (Wildman–Crippen LogP) is 3.65. The number of rotatable bonds is 4. The zero-order chi connectivity index (χ0) is 18.1. The second kappa shape index (κ2) is 6.44. The molecule has 2 aromatic carbocycles. The van der Waals surface area contributed by atoms with Crippen molar-refractivity contribution in [3.8, 4) is 22.9 Å². The van der Waals surface area contributed by atoms with Crippen LogP contribution < -0.4 is 5.76 Å². The van der Waals surface area contributed by atoms with Gasteiger partial charge in [-0.15, -0.1) is 5.10 Å². The molecule has 0 aliphatic rings. The lowest BCUT2D eigenvalue weighted by Crippen LogP contribution is -2.17. The first kappa shape index (κ1) is 16.0. The van der Waals surface area contributed by atoms with Crippen LogP contribution in [0.15, 0.2) is 68.2 Å². The van der Waals surface area contributed by atoms with Gasteiger partial charge in [0.1, 0.15) is 17.3 Å². The average molecular weight is 351 g/mol. The molecule has 0 saturated carbocycles. The van der Waals surface area contributed by atoms with E-state index in [-0.39, 0.29) is 18.3 Å². The maximum atomic E-state index is 13.0. The lowest BCUT2D eigenvalue weighted by Gasteiger charge is -1.95. The van der Waals surface area contributed by atoms with Gasteiger partial charge in [0.25, 0.3) is 0 Å². The Hall–Kier alpha value is -3.48. The molecular formula is C19H14FN3O3. The highest BCUT2D eigenvalue weighted by molar-refractivity contribution is 5.53. The normalized spacial score (nSPS) is 11.0. The molecule has 4 rings (SSSR count). The predicted molar refractivity (Wildman–Crippen MR) is 91.9 cm³/mol. The zero-order valence-corrected chi connectivity index (χ0v) is 13.8. The van der Waals surface area contributed by atoms with Crippen molar-refractivity contribution in [3.63, 3.8) is 0 Å². The summed E-state index contributed by atoms with van der Waals surface area (Å²) in [4.78, 5) is 16.5. The Morgan fingerprint density at radius 3 is 2.38 bits per heavy atom. The Bertz CT molecular complexity index is 1100. The molecule has 130 valence electrons. The van der Waals surface area contributed by atoms with Crippen molar-refractivity contribution in [2.24, 2.45) is 0 Å². The molecule has 0 fully saturated rings. The summed E-state index contributed by atoms with van der Waals surface area (Å²) in [6.07, 6.45) is 0. The molecule has 2 heterocycles. The smallest absolute Gasteiger partial charge is 0.437 e. The van der Waals surface area contributed by atoms with Crippen LogP contribution in [0.4, 0.5) is 4.39 Å². The van der Waals surface area contributed by atoms with Crippen LogP contribution in [-0.4, -0.2) is 14.8 Å². The summed E-state index contributed by atoms with van der Waals surface area (Å²) in [5, 5.41) is 4.16. The number of nitrogens with zero attached hydrogens (tertiary/aromatic N) is 3. The summed E-state index contributed by atoms with van der Waals surface area (Å²) >= 11 is 0. The molecule has 0 unspecified atom stereocenters. The van der Waals surface area contributed by atoms with Gasteiger partial charge >= 0.3 is 5.76 Å². The molecule has 7 heteroatoms. The van der Waals surface area contributed by atoms with Crippen LogP contribution in [-0.2, 0) is 6.54 Å². The minimum Gasteiger partial charge on any atom is -0.441 e. The Morgan fingerprint density at radius 1 is 0.962 bits per heavy atom. The monoisotopic (exact) mass is 351 g/mol. The summed E-state index contributed by atoms with van der Waals surface area (Å²) in [5.41, 5.74) is 1.95. The lowest BCUT2D eigenvalue weighted by atomic mass is 10.2. The van der Waals surface area contributed by atoms with Gasteiger partial charge in [-0.1, -0.05) is 18.2 Å². The summed E-state index contributed by atoms with van der Waals surface area (Å²) < 4.78 is 25.0. The molecule has 0 aliphatic carbocycles. The van der Waals surface area contributed by atoms with E-state index in [1.165, 1.54) is 24.3 Å². The molecule has 0 amide bonds. The Morgan fingerprint density at radius 2 is 1.65 bits per heavy atom. The van der Waals surface area contributed by atoms with Crippen LogP contribution in [0.2, 0.25) is 0 Å². The number of halogens is 1. The van der Waals surface area contributed by atoms with E-state index in [9.17, 15) is 9.18 Å². The number of aryl methyl sites for hydroxylation is 1. The molecule has 0 saturated heterocycles. The van der Waals surface area contributed by atoms with E-state index < -0.39 is 5.76 Å². The van der Waals surface area contributed by atoms with Crippen LogP contribution in [0, 0.1) is 12.7 Å². The molecule has 26 heavy (non-hydrogen) atoms. The third-order valence-electron chi connectivity index (χ3n) is 3.91. The minimum absolute atomic E-state index is 0.117. The number of benzene rings is 2. The number of hydrogen-bond donors (Lipinski definition) is 0. The molecule has 2 aromatic heterocycles. The first-order valence-corrected chi connectivity index (χ1v) is 7.96. The highest BCUT2D eigenvalue weighted by Crippen LogP contribution is 2.22. The second-order valence-corrected chi connectivity index (χ2v) is 5.73. The average Bonchev–Trinajstić information content (AvgIpc) is 3.20. The SMILES string of the molecule is Cc1oc(-c2ccccc2)nc1Cn1nc(-c2ccc(F)cc2)oc1=O. The largest absolute Gasteiger partial charge is 0.441 e. The fourth-order valence-electron chi connectivity index (χ4n) is 2.54. The van der Waals surface area contributed by atoms with Crippen molar-refractivity contribution in [3.05, 3.63) is 82.4 Å². The summed E-state index contributed by atoms with van der Waals surface area (Å²) in [6, 6.07) is 15.0. The summed E-state index contributed by atoms with van der Waals surface area (Å²) in [7, 11) is 0. The van der Waals surface area contributed by atoms with Crippen molar-refractivity contribution < 1.29 is 13.2 Å². The molecular weight excluding hydrogens is 337 g/mol. The molecule has 0 N–H and O–H groups in total. The fourth-order valence-corrected chi connectivity index (χ4v) is 2.54. The highest BCUT2D eigenvalue weighted by atomic mass is 19.1. The van der Waals surface area contributed by atoms with Gasteiger partial charge in [-0.25, -0.2) is 14.2 Å². The third kappa shape index (κ3) is 3.06. The maximum absolute atomic E-state index is 13.0. The minimum atomic E-state index is -0.618. The maximum Gasteiger partial charge on any atom is 0.437 e. The van der Waals surface area contributed by atoms with Crippen LogP contribution in [0.1, 0.15) is 11.5 Å². The van der Waals surface area contributed by atoms with E-state index in [2.05, 4.69) is 10.1 Å². The summed E-state index contributed by atoms with van der Waals surface area (Å²) in [6.45, 7) is 1.90. The first-order valence-electron chi connectivity index (χ1n) is 7.96. The van der Waals surface area contributed by atoms with Crippen molar-refractivity contribution in [2.45, 2.75) is 13.5 Å². The zero-order valence-electron chi connectivity index (χ0n) is 13.8. The van der Waals surface area contributed by atoms with Gasteiger partial charge < -0.3 is 8.83 Å². The number of aromatic nitrogens is 3. The van der Waals surface area contributed by atoms with E-state index in [4.69, 9.17) is 8.83 Å². The van der Waals surface area contributed by atoms with E-state index in [0.29, 0.717) is 22.9 Å². The number of oxazole rings is 1. The van der Waals surface area contributed by atoms with Gasteiger partial charge in [-0.05, 0) is 43.3 Å². The molecule has 0 bridgehead atoms. The van der Waals surface area contributed by atoms with Crippen molar-refractivity contribution >= 4 is 0 Å². The van der Waals surface area contributed by atoms with Gasteiger partial charge in [0.15, 0.2) is 0 Å². The number of hydrogen-bond acceptors (Lipinski definition) is 5. The highest BCUT2D eigenvalue weighted by Gasteiger charge is 2.16. The van der Waals surface area contributed by atoms with Gasteiger partial charge in [-0.2, -0.15) is 4.68 Å². The van der Waals surface area contributed by atoms with Crippen molar-refractivity contribution in [1.29, 1.82) is 0 Å². The van der Waals surface area contributed by atoms with Gasteiger partial charge in [0.2, 0.25) is 11.8 Å². The molecule has 0 atom stereocenters. The van der Waals surface area contributed by atoms with Crippen LogP contribution in [0.3, 0.4) is 0 Å². The second-order valence-electron chi connectivity index (χ2n) is 5.73. The van der Waals surface area contributed by atoms with E-state index in [0.717, 1.165) is 10.2 Å². The Balaban J connectivity index is 1.63. The Labute approximate surface area is 147 Å². The van der Waals surface area contributed by atoms with Gasteiger partial charge in [0, 0.05) is 11.1 Å². The molecule has 0 radical (unpaired) electrons. The van der Waals surface area contributed by atoms with E-state index in [1.54, 1.807) is 6.92 Å². The first-order chi connectivity index (χ1) is 12.6. The molecule has 6 nitrogen and oxygen atoms in total. The van der Waals surface area contributed by atoms with Gasteiger partial charge in [-0.3, -0.25) is 0 Å². The molecule has 0 aliphatic heterocycles. The van der Waals surface area contributed by atoms with Crippen molar-refractivity contribution in [1.82, 2.24) is 14.8 Å². The molecule has 0 spiro atoms. The van der Waals surface area contributed by atoms with Gasteiger partial charge in [0.05, 0.1) is 6.54 Å². The van der Waals surface area contributed by atoms with E-state index >= 15 is 0 Å².